The first-order chi connectivity index (χ1) is 12.9. The summed E-state index contributed by atoms with van der Waals surface area (Å²) in [5, 5.41) is 2.53. The Morgan fingerprint density at radius 2 is 1.04 bits per heavy atom. The monoisotopic (exact) mass is 332 g/mol. The van der Waals surface area contributed by atoms with E-state index in [1.807, 2.05) is 12.1 Å². The summed E-state index contributed by atoms with van der Waals surface area (Å²) in [6.07, 6.45) is 8.68. The molecule has 0 aliphatic rings. The summed E-state index contributed by atoms with van der Waals surface area (Å²) in [7, 11) is 0. The average molecular weight is 332 g/mol. The third kappa shape index (κ3) is 3.81. The molecule has 0 aliphatic carbocycles. The molecule has 0 radical (unpaired) electrons. The molecule has 0 heteroatoms. The minimum atomic E-state index is 1.21. The molecular weight excluding hydrogens is 312 g/mol. The Labute approximate surface area is 154 Å². The van der Waals surface area contributed by atoms with Gasteiger partial charge in [-0.1, -0.05) is 115 Å². The zero-order valence-electron chi connectivity index (χ0n) is 14.5. The lowest BCUT2D eigenvalue weighted by Crippen LogP contribution is -1.80. The number of rotatable bonds is 4. The summed E-state index contributed by atoms with van der Waals surface area (Å²) < 4.78 is 0. The second-order valence-corrected chi connectivity index (χ2v) is 6.32. The van der Waals surface area contributed by atoms with Crippen LogP contribution in [0.15, 0.2) is 97.1 Å². The first-order valence-electron chi connectivity index (χ1n) is 8.87. The fourth-order valence-corrected chi connectivity index (χ4v) is 3.08. The smallest absolute Gasteiger partial charge is 0.0111 e. The van der Waals surface area contributed by atoms with Gasteiger partial charge in [-0.05, 0) is 39.1 Å². The van der Waals surface area contributed by atoms with Gasteiger partial charge in [0, 0.05) is 0 Å². The fraction of sp³-hybridized carbons (Fsp3) is 0. The van der Waals surface area contributed by atoms with Crippen LogP contribution in [0.2, 0.25) is 0 Å². The molecule has 4 aromatic rings. The summed E-state index contributed by atoms with van der Waals surface area (Å²) >= 11 is 0. The number of benzene rings is 4. The van der Waals surface area contributed by atoms with E-state index in [4.69, 9.17) is 0 Å². The molecule has 0 fully saturated rings. The summed E-state index contributed by atoms with van der Waals surface area (Å²) in [4.78, 5) is 0. The van der Waals surface area contributed by atoms with Gasteiger partial charge < -0.3 is 0 Å². The van der Waals surface area contributed by atoms with Crippen LogP contribution in [0, 0.1) is 0 Å². The van der Waals surface area contributed by atoms with E-state index in [9.17, 15) is 0 Å². The number of fused-ring (bicyclic) bond motifs is 1. The van der Waals surface area contributed by atoms with Gasteiger partial charge >= 0.3 is 0 Å². The molecule has 4 aromatic carbocycles. The maximum atomic E-state index is 2.24. The van der Waals surface area contributed by atoms with Crippen LogP contribution in [0.25, 0.3) is 35.1 Å². The predicted octanol–water partition coefficient (Wildman–Crippen LogP) is 7.18. The molecule has 0 amide bonds. The van der Waals surface area contributed by atoms with Crippen molar-refractivity contribution in [2.24, 2.45) is 0 Å². The lowest BCUT2D eigenvalue weighted by Gasteiger charge is -2.04. The molecule has 0 aromatic heterocycles. The van der Waals surface area contributed by atoms with E-state index in [0.717, 1.165) is 0 Å². The molecule has 0 saturated heterocycles. The van der Waals surface area contributed by atoms with E-state index in [1.54, 1.807) is 0 Å². The van der Waals surface area contributed by atoms with Crippen molar-refractivity contribution in [2.75, 3.05) is 0 Å². The molecular formula is C26H20. The van der Waals surface area contributed by atoms with Gasteiger partial charge in [-0.15, -0.1) is 0 Å². The Balaban J connectivity index is 1.63. The predicted molar refractivity (Wildman–Crippen MR) is 115 cm³/mol. The lowest BCUT2D eigenvalue weighted by atomic mass is 10.0. The summed E-state index contributed by atoms with van der Waals surface area (Å²) in [6.45, 7) is 0. The highest BCUT2D eigenvalue weighted by Crippen LogP contribution is 2.23. The average Bonchev–Trinajstić information content (AvgIpc) is 2.72. The Morgan fingerprint density at radius 3 is 1.73 bits per heavy atom. The largest absolute Gasteiger partial charge is 0.0622 e. The Morgan fingerprint density at radius 1 is 0.423 bits per heavy atom. The van der Waals surface area contributed by atoms with Crippen LogP contribution < -0.4 is 0 Å². The quantitative estimate of drug-likeness (QED) is 0.347. The van der Waals surface area contributed by atoms with E-state index in [2.05, 4.69) is 109 Å². The van der Waals surface area contributed by atoms with Gasteiger partial charge in [-0.3, -0.25) is 0 Å². The van der Waals surface area contributed by atoms with Crippen LogP contribution in [-0.4, -0.2) is 0 Å². The zero-order chi connectivity index (χ0) is 17.6. The molecule has 0 N–H and O–H groups in total. The Bertz CT molecular complexity index is 1050. The fourth-order valence-electron chi connectivity index (χ4n) is 3.08. The van der Waals surface area contributed by atoms with Crippen molar-refractivity contribution in [2.45, 2.75) is 0 Å². The molecule has 4 rings (SSSR count). The maximum Gasteiger partial charge on any atom is -0.0111 e. The first kappa shape index (κ1) is 16.1. The highest BCUT2D eigenvalue weighted by atomic mass is 14.0. The first-order valence-corrected chi connectivity index (χ1v) is 8.87. The minimum Gasteiger partial charge on any atom is -0.0622 e. The van der Waals surface area contributed by atoms with Crippen molar-refractivity contribution in [3.63, 3.8) is 0 Å². The second kappa shape index (κ2) is 7.67. The molecule has 0 nitrogen and oxygen atoms in total. The van der Waals surface area contributed by atoms with Crippen molar-refractivity contribution < 1.29 is 0 Å². The van der Waals surface area contributed by atoms with Gasteiger partial charge in [-0.2, -0.15) is 0 Å². The van der Waals surface area contributed by atoms with E-state index in [-0.39, 0.29) is 0 Å². The van der Waals surface area contributed by atoms with Crippen LogP contribution in [0.4, 0.5) is 0 Å². The van der Waals surface area contributed by atoms with Gasteiger partial charge in [0.2, 0.25) is 0 Å². The molecule has 0 saturated carbocycles. The molecule has 26 heavy (non-hydrogen) atoms. The second-order valence-electron chi connectivity index (χ2n) is 6.32. The molecule has 0 aliphatic heterocycles. The van der Waals surface area contributed by atoms with Gasteiger partial charge in [0.1, 0.15) is 0 Å². The van der Waals surface area contributed by atoms with Crippen molar-refractivity contribution >= 4 is 35.1 Å². The summed E-state index contributed by atoms with van der Waals surface area (Å²) in [5.74, 6) is 0. The normalized spacial score (nSPS) is 11.5. The molecule has 124 valence electrons. The molecule has 0 spiro atoms. The molecule has 0 unspecified atom stereocenters. The maximum absolute atomic E-state index is 2.24. The highest BCUT2D eigenvalue weighted by Gasteiger charge is 1.99. The molecule has 0 atom stereocenters. The third-order valence-corrected chi connectivity index (χ3v) is 4.46. The molecule has 0 bridgehead atoms. The van der Waals surface area contributed by atoms with E-state index in [1.165, 1.54) is 33.0 Å². The van der Waals surface area contributed by atoms with Crippen molar-refractivity contribution in [3.05, 3.63) is 119 Å². The summed E-state index contributed by atoms with van der Waals surface area (Å²) in [6, 6.07) is 33.9. The molecule has 0 heterocycles. The van der Waals surface area contributed by atoms with E-state index < -0.39 is 0 Å². The van der Waals surface area contributed by atoms with Crippen LogP contribution in [0.1, 0.15) is 22.3 Å². The number of hydrogen-bond acceptors (Lipinski definition) is 0. The van der Waals surface area contributed by atoms with Gasteiger partial charge in [0.05, 0.1) is 0 Å². The zero-order valence-corrected chi connectivity index (χ0v) is 14.5. The van der Waals surface area contributed by atoms with Crippen LogP contribution in [0.3, 0.4) is 0 Å². The van der Waals surface area contributed by atoms with Gasteiger partial charge in [0.15, 0.2) is 0 Å². The third-order valence-electron chi connectivity index (χ3n) is 4.46. The van der Waals surface area contributed by atoms with E-state index in [0.29, 0.717) is 0 Å². The van der Waals surface area contributed by atoms with Gasteiger partial charge in [0.25, 0.3) is 0 Å². The lowest BCUT2D eigenvalue weighted by molar-refractivity contribution is 1.65. The van der Waals surface area contributed by atoms with Crippen molar-refractivity contribution in [3.8, 4) is 0 Å². The number of hydrogen-bond donors (Lipinski definition) is 0. The van der Waals surface area contributed by atoms with Crippen LogP contribution >= 0.6 is 0 Å². The standard InChI is InChI=1S/C26H20/c1-3-8-21(9-4-1)14-15-23-17-19-26-24(12-7-13-25(26)20-23)18-16-22-10-5-2-6-11-22/h1-20H. The summed E-state index contributed by atoms with van der Waals surface area (Å²) in [5.41, 5.74) is 4.88. The van der Waals surface area contributed by atoms with Gasteiger partial charge in [-0.25, -0.2) is 0 Å². The Kier molecular flexibility index (Phi) is 4.75. The van der Waals surface area contributed by atoms with Crippen molar-refractivity contribution in [1.29, 1.82) is 0 Å². The van der Waals surface area contributed by atoms with Crippen molar-refractivity contribution in [1.82, 2.24) is 0 Å². The highest BCUT2D eigenvalue weighted by molar-refractivity contribution is 5.94. The topological polar surface area (TPSA) is 0 Å². The Hall–Kier alpha value is -3.38. The van der Waals surface area contributed by atoms with Crippen LogP contribution in [-0.2, 0) is 0 Å². The minimum absolute atomic E-state index is 1.21. The van der Waals surface area contributed by atoms with Crippen LogP contribution in [0.5, 0.6) is 0 Å². The van der Waals surface area contributed by atoms with E-state index >= 15 is 0 Å². The SMILES string of the molecule is C(=Cc1ccc2c(C=Cc3ccccc3)cccc2c1)c1ccccc1.